The molecule has 2 heterocycles. The van der Waals surface area contributed by atoms with Crippen molar-refractivity contribution in [2.75, 3.05) is 66.5 Å². The average molecular weight is 282 g/mol. The summed E-state index contributed by atoms with van der Waals surface area (Å²) in [6.07, 6.45) is 7.08. The fraction of sp³-hybridized carbons (Fsp3) is 1.00. The number of nitrogens with one attached hydrogen (secondary N) is 1. The van der Waals surface area contributed by atoms with Crippen LogP contribution in [0, 0.1) is 0 Å². The van der Waals surface area contributed by atoms with Gasteiger partial charge in [-0.3, -0.25) is 0 Å². The molecule has 0 atom stereocenters. The Morgan fingerprint density at radius 1 is 0.950 bits per heavy atom. The zero-order valence-corrected chi connectivity index (χ0v) is 13.6. The van der Waals surface area contributed by atoms with Crippen molar-refractivity contribution in [3.63, 3.8) is 0 Å². The third-order valence-electron chi connectivity index (χ3n) is 4.80. The highest BCUT2D eigenvalue weighted by Crippen LogP contribution is 2.20. The minimum Gasteiger partial charge on any atom is -0.314 e. The summed E-state index contributed by atoms with van der Waals surface area (Å²) in [5.41, 5.74) is 0. The summed E-state index contributed by atoms with van der Waals surface area (Å²) < 4.78 is 0. The SMILES string of the molecule is CN(C)CCNCCN1CCC(N2CCCCC2)CC1. The number of nitrogens with zero attached hydrogens (tertiary/aromatic N) is 3. The Kier molecular flexibility index (Phi) is 7.28. The van der Waals surface area contributed by atoms with E-state index >= 15 is 0 Å². The Hall–Kier alpha value is -0.160. The van der Waals surface area contributed by atoms with Crippen molar-refractivity contribution in [2.24, 2.45) is 0 Å². The van der Waals surface area contributed by atoms with Gasteiger partial charge in [-0.1, -0.05) is 6.42 Å². The molecule has 0 aromatic carbocycles. The van der Waals surface area contributed by atoms with Gasteiger partial charge >= 0.3 is 0 Å². The lowest BCUT2D eigenvalue weighted by atomic mass is 10.00. The molecule has 20 heavy (non-hydrogen) atoms. The molecular weight excluding hydrogens is 248 g/mol. The minimum atomic E-state index is 0.883. The van der Waals surface area contributed by atoms with E-state index in [1.54, 1.807) is 0 Å². The van der Waals surface area contributed by atoms with Gasteiger partial charge in [-0.05, 0) is 66.0 Å². The normalized spacial score (nSPS) is 23.6. The zero-order valence-electron chi connectivity index (χ0n) is 13.6. The maximum absolute atomic E-state index is 3.54. The molecule has 2 fully saturated rings. The monoisotopic (exact) mass is 282 g/mol. The highest BCUT2D eigenvalue weighted by atomic mass is 15.2. The highest BCUT2D eigenvalue weighted by Gasteiger charge is 2.25. The number of rotatable bonds is 7. The molecule has 0 unspecified atom stereocenters. The van der Waals surface area contributed by atoms with Crippen LogP contribution >= 0.6 is 0 Å². The standard InChI is InChI=1S/C16H34N4/c1-18(2)14-8-17-9-15-19-12-6-16(7-13-19)20-10-4-3-5-11-20/h16-17H,3-15H2,1-2H3. The molecule has 1 N–H and O–H groups in total. The van der Waals surface area contributed by atoms with E-state index in [4.69, 9.17) is 0 Å². The number of likely N-dealkylation sites (tertiary alicyclic amines) is 2. The van der Waals surface area contributed by atoms with E-state index in [1.165, 1.54) is 64.8 Å². The molecule has 0 aromatic rings. The second-order valence-corrected chi connectivity index (χ2v) is 6.72. The Morgan fingerprint density at radius 2 is 1.65 bits per heavy atom. The van der Waals surface area contributed by atoms with Crippen molar-refractivity contribution in [3.8, 4) is 0 Å². The van der Waals surface area contributed by atoms with Gasteiger partial charge in [0.1, 0.15) is 0 Å². The zero-order chi connectivity index (χ0) is 14.2. The lowest BCUT2D eigenvalue weighted by Crippen LogP contribution is -2.47. The van der Waals surface area contributed by atoms with E-state index in [2.05, 4.69) is 34.1 Å². The van der Waals surface area contributed by atoms with Crippen molar-refractivity contribution in [1.29, 1.82) is 0 Å². The van der Waals surface area contributed by atoms with Crippen LogP contribution in [0.1, 0.15) is 32.1 Å². The van der Waals surface area contributed by atoms with Crippen molar-refractivity contribution in [3.05, 3.63) is 0 Å². The van der Waals surface area contributed by atoms with Gasteiger partial charge in [0.05, 0.1) is 0 Å². The number of hydrogen-bond acceptors (Lipinski definition) is 4. The Labute approximate surface area is 125 Å². The van der Waals surface area contributed by atoms with Crippen LogP contribution in [0.4, 0.5) is 0 Å². The summed E-state index contributed by atoms with van der Waals surface area (Å²) in [5.74, 6) is 0. The first-order valence-electron chi connectivity index (χ1n) is 8.57. The molecule has 0 spiro atoms. The summed E-state index contributed by atoms with van der Waals surface area (Å²) in [7, 11) is 4.26. The first-order chi connectivity index (χ1) is 9.75. The first-order valence-corrected chi connectivity index (χ1v) is 8.57. The smallest absolute Gasteiger partial charge is 0.0120 e. The summed E-state index contributed by atoms with van der Waals surface area (Å²) in [6.45, 7) is 9.93. The van der Waals surface area contributed by atoms with Crippen molar-refractivity contribution in [1.82, 2.24) is 20.0 Å². The second-order valence-electron chi connectivity index (χ2n) is 6.72. The van der Waals surface area contributed by atoms with Gasteiger partial charge in [0.25, 0.3) is 0 Å². The third-order valence-corrected chi connectivity index (χ3v) is 4.80. The predicted molar refractivity (Wildman–Crippen MR) is 86.3 cm³/mol. The van der Waals surface area contributed by atoms with Crippen LogP contribution in [0.25, 0.3) is 0 Å². The van der Waals surface area contributed by atoms with E-state index in [-0.39, 0.29) is 0 Å². The molecule has 2 saturated heterocycles. The maximum Gasteiger partial charge on any atom is 0.0120 e. The molecule has 0 bridgehead atoms. The third kappa shape index (κ3) is 5.68. The molecule has 0 amide bonds. The number of likely N-dealkylation sites (N-methyl/N-ethyl adjacent to an activating group) is 1. The lowest BCUT2D eigenvalue weighted by molar-refractivity contribution is 0.0929. The van der Waals surface area contributed by atoms with E-state index in [0.717, 1.165) is 25.7 Å². The van der Waals surface area contributed by atoms with Gasteiger partial charge in [-0.25, -0.2) is 0 Å². The van der Waals surface area contributed by atoms with Crippen LogP contribution in [0.3, 0.4) is 0 Å². The average Bonchev–Trinajstić information content (AvgIpc) is 2.48. The van der Waals surface area contributed by atoms with E-state index in [1.807, 2.05) is 0 Å². The quantitative estimate of drug-likeness (QED) is 0.706. The second kappa shape index (κ2) is 8.98. The molecule has 0 radical (unpaired) electrons. The molecule has 2 aliphatic rings. The fourth-order valence-corrected chi connectivity index (χ4v) is 3.46. The van der Waals surface area contributed by atoms with Gasteiger partial charge < -0.3 is 20.0 Å². The summed E-state index contributed by atoms with van der Waals surface area (Å²) in [6, 6.07) is 0.883. The van der Waals surface area contributed by atoms with Gasteiger partial charge in [0, 0.05) is 32.2 Å². The predicted octanol–water partition coefficient (Wildman–Crippen LogP) is 1.09. The highest BCUT2D eigenvalue weighted by molar-refractivity contribution is 4.81. The molecule has 2 rings (SSSR count). The number of piperidine rings is 2. The Balaban J connectivity index is 1.52. The topological polar surface area (TPSA) is 21.8 Å². The maximum atomic E-state index is 3.54. The molecular formula is C16H34N4. The first kappa shape index (κ1) is 16.2. The Morgan fingerprint density at radius 3 is 2.30 bits per heavy atom. The molecule has 4 heteroatoms. The van der Waals surface area contributed by atoms with Crippen LogP contribution in [-0.4, -0.2) is 87.2 Å². The fourth-order valence-electron chi connectivity index (χ4n) is 3.46. The minimum absolute atomic E-state index is 0.883. The Bertz CT molecular complexity index is 243. The van der Waals surface area contributed by atoms with Crippen LogP contribution in [0.15, 0.2) is 0 Å². The molecule has 4 nitrogen and oxygen atoms in total. The van der Waals surface area contributed by atoms with E-state index in [9.17, 15) is 0 Å². The van der Waals surface area contributed by atoms with Gasteiger partial charge in [0.2, 0.25) is 0 Å². The molecule has 118 valence electrons. The van der Waals surface area contributed by atoms with Crippen LogP contribution in [0.5, 0.6) is 0 Å². The summed E-state index contributed by atoms with van der Waals surface area (Å²) in [5, 5.41) is 3.54. The van der Waals surface area contributed by atoms with Crippen LogP contribution in [0.2, 0.25) is 0 Å². The summed E-state index contributed by atoms with van der Waals surface area (Å²) in [4.78, 5) is 7.64. The van der Waals surface area contributed by atoms with Gasteiger partial charge in [0.15, 0.2) is 0 Å². The van der Waals surface area contributed by atoms with Crippen molar-refractivity contribution < 1.29 is 0 Å². The lowest BCUT2D eigenvalue weighted by Gasteiger charge is -2.40. The molecule has 0 aromatic heterocycles. The van der Waals surface area contributed by atoms with E-state index in [0.29, 0.717) is 0 Å². The van der Waals surface area contributed by atoms with Crippen LogP contribution < -0.4 is 5.32 Å². The summed E-state index contributed by atoms with van der Waals surface area (Å²) >= 11 is 0. The molecule has 0 saturated carbocycles. The van der Waals surface area contributed by atoms with Crippen molar-refractivity contribution >= 4 is 0 Å². The van der Waals surface area contributed by atoms with Gasteiger partial charge in [-0.2, -0.15) is 0 Å². The number of hydrogen-bond donors (Lipinski definition) is 1. The van der Waals surface area contributed by atoms with Crippen LogP contribution in [-0.2, 0) is 0 Å². The molecule has 2 aliphatic heterocycles. The van der Waals surface area contributed by atoms with Gasteiger partial charge in [-0.15, -0.1) is 0 Å². The van der Waals surface area contributed by atoms with E-state index < -0.39 is 0 Å². The van der Waals surface area contributed by atoms with Crippen molar-refractivity contribution in [2.45, 2.75) is 38.1 Å². The molecule has 0 aliphatic carbocycles. The largest absolute Gasteiger partial charge is 0.314 e.